The lowest BCUT2D eigenvalue weighted by Gasteiger charge is -2.39. The molecule has 1 aliphatic carbocycles. The van der Waals surface area contributed by atoms with Gasteiger partial charge in [0.15, 0.2) is 0 Å². The van der Waals surface area contributed by atoms with Crippen molar-refractivity contribution in [2.45, 2.75) is 36.6 Å². The molecule has 1 saturated heterocycles. The second kappa shape index (κ2) is 7.77. The third-order valence-electron chi connectivity index (χ3n) is 4.98. The van der Waals surface area contributed by atoms with Crippen molar-refractivity contribution >= 4 is 45.2 Å². The van der Waals surface area contributed by atoms with Crippen LogP contribution in [0.1, 0.15) is 28.8 Å². The number of aromatic nitrogens is 1. The number of likely N-dealkylation sites (tertiary alicyclic amines) is 1. The zero-order chi connectivity index (χ0) is 21.6. The van der Waals surface area contributed by atoms with E-state index >= 15 is 0 Å². The molecule has 30 heavy (non-hydrogen) atoms. The molecule has 0 bridgehead atoms. The standard InChI is InChI=1S/C18H17ClF3N3O4S/c1-23-16(26)11-7-30-15-12(18(20,21)22)4-13(24-14(11)15)28-9-2-10(3-9)29-17(27)25-5-8(19)6-25/h4,7-10H,2-3,5-6H2,1H3,(H,23,26)/t9-,10+. The minimum atomic E-state index is -4.63. The molecule has 2 fully saturated rings. The number of pyridine rings is 1. The Morgan fingerprint density at radius 1 is 1.30 bits per heavy atom. The first kappa shape index (κ1) is 21.0. The van der Waals surface area contributed by atoms with Crippen LogP contribution in [0.15, 0.2) is 11.4 Å². The van der Waals surface area contributed by atoms with Gasteiger partial charge in [0.1, 0.15) is 12.2 Å². The third-order valence-corrected chi connectivity index (χ3v) is 6.26. The van der Waals surface area contributed by atoms with E-state index in [1.165, 1.54) is 17.3 Å². The molecule has 0 aromatic carbocycles. The number of amides is 2. The number of fused-ring (bicyclic) bond motifs is 1. The van der Waals surface area contributed by atoms with Gasteiger partial charge >= 0.3 is 12.3 Å². The van der Waals surface area contributed by atoms with Crippen molar-refractivity contribution in [3.05, 3.63) is 22.6 Å². The first-order chi connectivity index (χ1) is 14.2. The molecule has 4 rings (SSSR count). The smallest absolute Gasteiger partial charge is 0.418 e. The van der Waals surface area contributed by atoms with Gasteiger partial charge in [0, 0.05) is 44.4 Å². The lowest BCUT2D eigenvalue weighted by Crippen LogP contribution is -2.53. The first-order valence-electron chi connectivity index (χ1n) is 9.13. The Balaban J connectivity index is 1.47. The van der Waals surface area contributed by atoms with E-state index in [9.17, 15) is 22.8 Å². The minimum Gasteiger partial charge on any atom is -0.474 e. The fourth-order valence-corrected chi connectivity index (χ4v) is 4.58. The molecular weight excluding hydrogens is 447 g/mol. The van der Waals surface area contributed by atoms with Crippen molar-refractivity contribution < 1.29 is 32.2 Å². The van der Waals surface area contributed by atoms with Gasteiger partial charge in [-0.15, -0.1) is 22.9 Å². The molecule has 0 spiro atoms. The number of carbonyl (C=O) groups excluding carboxylic acids is 2. The molecule has 2 aromatic heterocycles. The molecule has 2 amide bonds. The number of alkyl halides is 4. The second-order valence-electron chi connectivity index (χ2n) is 7.13. The average molecular weight is 464 g/mol. The van der Waals surface area contributed by atoms with Crippen molar-refractivity contribution in [2.24, 2.45) is 0 Å². The number of nitrogens with one attached hydrogen (secondary N) is 1. The Morgan fingerprint density at radius 3 is 2.60 bits per heavy atom. The fraction of sp³-hybridized carbons (Fsp3) is 0.500. The Hall–Kier alpha value is -2.27. The summed E-state index contributed by atoms with van der Waals surface area (Å²) >= 11 is 6.63. The van der Waals surface area contributed by atoms with Crippen LogP contribution >= 0.6 is 22.9 Å². The lowest BCUT2D eigenvalue weighted by molar-refractivity contribution is -0.136. The topological polar surface area (TPSA) is 80.8 Å². The van der Waals surface area contributed by atoms with Crippen LogP contribution in [0.4, 0.5) is 18.0 Å². The van der Waals surface area contributed by atoms with E-state index < -0.39 is 29.8 Å². The van der Waals surface area contributed by atoms with Crippen LogP contribution in [0, 0.1) is 0 Å². The van der Waals surface area contributed by atoms with Gasteiger partial charge in [-0.3, -0.25) is 4.79 Å². The van der Waals surface area contributed by atoms with E-state index in [0.29, 0.717) is 25.9 Å². The van der Waals surface area contributed by atoms with Gasteiger partial charge in [0.2, 0.25) is 5.88 Å². The molecule has 1 saturated carbocycles. The van der Waals surface area contributed by atoms with E-state index in [1.54, 1.807) is 0 Å². The van der Waals surface area contributed by atoms with Crippen molar-refractivity contribution in [1.82, 2.24) is 15.2 Å². The van der Waals surface area contributed by atoms with Gasteiger partial charge in [-0.2, -0.15) is 13.2 Å². The highest BCUT2D eigenvalue weighted by molar-refractivity contribution is 7.17. The highest BCUT2D eigenvalue weighted by atomic mass is 35.5. The van der Waals surface area contributed by atoms with Gasteiger partial charge in [-0.1, -0.05) is 0 Å². The molecule has 7 nitrogen and oxygen atoms in total. The Labute approximate surface area is 178 Å². The zero-order valence-corrected chi connectivity index (χ0v) is 17.2. The molecule has 1 N–H and O–H groups in total. The number of carbonyl (C=O) groups is 2. The Kier molecular flexibility index (Phi) is 5.43. The summed E-state index contributed by atoms with van der Waals surface area (Å²) in [5, 5.41) is 3.67. The summed E-state index contributed by atoms with van der Waals surface area (Å²) in [7, 11) is 1.39. The second-order valence-corrected chi connectivity index (χ2v) is 8.63. The SMILES string of the molecule is CNC(=O)c1csc2c(C(F)(F)F)cc(O[C@H]3C[C@@H](OC(=O)N4CC(Cl)C4)C3)nc12. The molecule has 2 aromatic rings. The number of rotatable bonds is 4. The number of halogens is 4. The number of hydrogen-bond acceptors (Lipinski definition) is 6. The summed E-state index contributed by atoms with van der Waals surface area (Å²) in [5.41, 5.74) is -0.903. The fourth-order valence-electron chi connectivity index (χ4n) is 3.22. The lowest BCUT2D eigenvalue weighted by atomic mass is 9.92. The van der Waals surface area contributed by atoms with E-state index in [2.05, 4.69) is 10.3 Å². The van der Waals surface area contributed by atoms with Gasteiger partial charge in [0.05, 0.1) is 26.7 Å². The summed E-state index contributed by atoms with van der Waals surface area (Å²) in [6.07, 6.45) is -5.20. The Bertz CT molecular complexity index is 987. The maximum absolute atomic E-state index is 13.5. The molecular formula is C18H17ClF3N3O4S. The summed E-state index contributed by atoms with van der Waals surface area (Å²) in [4.78, 5) is 29.5. The number of thiophene rings is 1. The number of hydrogen-bond donors (Lipinski definition) is 1. The van der Waals surface area contributed by atoms with Gasteiger partial charge in [0.25, 0.3) is 5.91 Å². The quantitative estimate of drug-likeness (QED) is 0.700. The Morgan fingerprint density at radius 2 is 2.00 bits per heavy atom. The third kappa shape index (κ3) is 4.00. The van der Waals surface area contributed by atoms with Crippen molar-refractivity contribution in [3.63, 3.8) is 0 Å². The van der Waals surface area contributed by atoms with Gasteiger partial charge < -0.3 is 19.7 Å². The van der Waals surface area contributed by atoms with Crippen LogP contribution in [0.25, 0.3) is 10.2 Å². The van der Waals surface area contributed by atoms with Crippen molar-refractivity contribution in [1.29, 1.82) is 0 Å². The van der Waals surface area contributed by atoms with Crippen LogP contribution in [0.3, 0.4) is 0 Å². The minimum absolute atomic E-state index is 0.0557. The highest BCUT2D eigenvalue weighted by Crippen LogP contribution is 2.41. The maximum Gasteiger partial charge on any atom is 0.418 e. The van der Waals surface area contributed by atoms with Crippen LogP contribution in [-0.2, 0) is 10.9 Å². The summed E-state index contributed by atoms with van der Waals surface area (Å²) in [6, 6.07) is 0.840. The molecule has 2 aliphatic rings. The molecule has 1 aliphatic heterocycles. The predicted octanol–water partition coefficient (Wildman–Crippen LogP) is 3.64. The molecule has 0 radical (unpaired) electrons. The average Bonchev–Trinajstić information content (AvgIpc) is 3.05. The molecule has 0 unspecified atom stereocenters. The predicted molar refractivity (Wildman–Crippen MR) is 103 cm³/mol. The monoisotopic (exact) mass is 463 g/mol. The van der Waals surface area contributed by atoms with Gasteiger partial charge in [-0.25, -0.2) is 9.78 Å². The molecule has 3 heterocycles. The highest BCUT2D eigenvalue weighted by Gasteiger charge is 2.39. The summed E-state index contributed by atoms with van der Waals surface area (Å²) in [6.45, 7) is 0.872. The van der Waals surface area contributed by atoms with Crippen LogP contribution in [0.5, 0.6) is 5.88 Å². The molecule has 162 valence electrons. The zero-order valence-electron chi connectivity index (χ0n) is 15.7. The normalized spacial score (nSPS) is 21.7. The van der Waals surface area contributed by atoms with Crippen molar-refractivity contribution in [2.75, 3.05) is 20.1 Å². The van der Waals surface area contributed by atoms with Crippen LogP contribution < -0.4 is 10.1 Å². The van der Waals surface area contributed by atoms with E-state index in [4.69, 9.17) is 21.1 Å². The van der Waals surface area contributed by atoms with Crippen LogP contribution in [0.2, 0.25) is 0 Å². The van der Waals surface area contributed by atoms with E-state index in [0.717, 1.165) is 17.4 Å². The largest absolute Gasteiger partial charge is 0.474 e. The van der Waals surface area contributed by atoms with Gasteiger partial charge in [-0.05, 0) is 0 Å². The van der Waals surface area contributed by atoms with E-state index in [-0.39, 0.29) is 33.1 Å². The van der Waals surface area contributed by atoms with E-state index in [1.807, 2.05) is 0 Å². The number of nitrogens with zero attached hydrogens (tertiary/aromatic N) is 2. The van der Waals surface area contributed by atoms with Crippen LogP contribution in [-0.4, -0.2) is 59.6 Å². The summed E-state index contributed by atoms with van der Waals surface area (Å²) < 4.78 is 51.3. The van der Waals surface area contributed by atoms with Crippen molar-refractivity contribution in [3.8, 4) is 5.88 Å². The maximum atomic E-state index is 13.5. The molecule has 12 heteroatoms. The first-order valence-corrected chi connectivity index (χ1v) is 10.4. The molecule has 0 atom stereocenters. The summed E-state index contributed by atoms with van der Waals surface area (Å²) in [5.74, 6) is -0.749. The number of ether oxygens (including phenoxy) is 2.